The molecule has 106 valence electrons. The van der Waals surface area contributed by atoms with E-state index in [0.29, 0.717) is 6.42 Å². The molecule has 1 atom stereocenters. The lowest BCUT2D eigenvalue weighted by Gasteiger charge is -2.29. The zero-order valence-corrected chi connectivity index (χ0v) is 12.2. The lowest BCUT2D eigenvalue weighted by atomic mass is 10.1. The largest absolute Gasteiger partial charge is 0.389 e. The van der Waals surface area contributed by atoms with Crippen LogP contribution in [-0.4, -0.2) is 59.2 Å². The van der Waals surface area contributed by atoms with Gasteiger partial charge in [-0.25, -0.2) is 4.79 Å². The predicted molar refractivity (Wildman–Crippen MR) is 73.4 cm³/mol. The van der Waals surface area contributed by atoms with Gasteiger partial charge in [0.1, 0.15) is 6.04 Å². The van der Waals surface area contributed by atoms with E-state index in [-0.39, 0.29) is 12.5 Å². The van der Waals surface area contributed by atoms with Gasteiger partial charge in [-0.05, 0) is 32.3 Å². The van der Waals surface area contributed by atoms with Crippen molar-refractivity contribution < 1.29 is 14.7 Å². The van der Waals surface area contributed by atoms with E-state index < -0.39 is 17.7 Å². The minimum absolute atomic E-state index is 0.196. The summed E-state index contributed by atoms with van der Waals surface area (Å²) in [5.74, 6) is 0.498. The molecule has 4 N–H and O–H groups in total. The Morgan fingerprint density at radius 1 is 1.50 bits per heavy atom. The summed E-state index contributed by atoms with van der Waals surface area (Å²) < 4.78 is 0. The number of primary amides is 1. The number of hydrogen-bond acceptors (Lipinski definition) is 4. The number of urea groups is 1. The van der Waals surface area contributed by atoms with Crippen molar-refractivity contribution in [3.8, 4) is 0 Å². The molecule has 1 unspecified atom stereocenters. The van der Waals surface area contributed by atoms with Gasteiger partial charge in [-0.15, -0.1) is 0 Å². The van der Waals surface area contributed by atoms with Crippen LogP contribution in [0.2, 0.25) is 0 Å². The van der Waals surface area contributed by atoms with Gasteiger partial charge in [-0.2, -0.15) is 11.8 Å². The summed E-state index contributed by atoms with van der Waals surface area (Å²) in [7, 11) is 1.59. The average Bonchev–Trinajstić information content (AvgIpc) is 2.20. The highest BCUT2D eigenvalue weighted by Crippen LogP contribution is 2.08. The van der Waals surface area contributed by atoms with Crippen LogP contribution in [0.25, 0.3) is 0 Å². The number of likely N-dealkylation sites (N-methyl/N-ethyl adjacent to an activating group) is 1. The highest BCUT2D eigenvalue weighted by atomic mass is 32.2. The summed E-state index contributed by atoms with van der Waals surface area (Å²) in [6.07, 6.45) is 2.44. The van der Waals surface area contributed by atoms with Crippen molar-refractivity contribution in [2.75, 3.05) is 25.6 Å². The molecule has 0 aromatic carbocycles. The maximum Gasteiger partial charge on any atom is 0.312 e. The predicted octanol–water partition coefficient (Wildman–Crippen LogP) is 0.00570. The van der Waals surface area contributed by atoms with E-state index in [4.69, 9.17) is 5.73 Å². The first kappa shape index (κ1) is 17.1. The molecule has 7 heteroatoms. The number of nitrogens with one attached hydrogen (secondary N) is 1. The SMILES string of the molecule is CSCCC(NC(N)=O)C(=O)N(C)CC(C)(C)O. The van der Waals surface area contributed by atoms with Crippen molar-refractivity contribution in [3.63, 3.8) is 0 Å². The number of thioether (sulfide) groups is 1. The molecule has 0 bridgehead atoms. The monoisotopic (exact) mass is 277 g/mol. The van der Waals surface area contributed by atoms with Crippen LogP contribution in [-0.2, 0) is 4.79 Å². The fourth-order valence-corrected chi connectivity index (χ4v) is 2.06. The van der Waals surface area contributed by atoms with E-state index in [2.05, 4.69) is 5.32 Å². The van der Waals surface area contributed by atoms with Crippen molar-refractivity contribution in [1.82, 2.24) is 10.2 Å². The number of nitrogens with two attached hydrogens (primary N) is 1. The molecule has 0 fully saturated rings. The van der Waals surface area contributed by atoms with Gasteiger partial charge in [0.05, 0.1) is 5.60 Å². The van der Waals surface area contributed by atoms with Crippen LogP contribution in [0.5, 0.6) is 0 Å². The molecule has 3 amide bonds. The lowest BCUT2D eigenvalue weighted by molar-refractivity contribution is -0.134. The van der Waals surface area contributed by atoms with Crippen molar-refractivity contribution in [3.05, 3.63) is 0 Å². The number of amides is 3. The van der Waals surface area contributed by atoms with Crippen LogP contribution in [0.15, 0.2) is 0 Å². The van der Waals surface area contributed by atoms with Gasteiger partial charge < -0.3 is 21.1 Å². The fraction of sp³-hybridized carbons (Fsp3) is 0.818. The maximum atomic E-state index is 12.1. The van der Waals surface area contributed by atoms with Gasteiger partial charge in [0, 0.05) is 13.6 Å². The Balaban J connectivity index is 4.57. The molecule has 0 saturated carbocycles. The van der Waals surface area contributed by atoms with Gasteiger partial charge >= 0.3 is 6.03 Å². The molecule has 0 rings (SSSR count). The summed E-state index contributed by atoms with van der Waals surface area (Å²) >= 11 is 1.59. The third kappa shape index (κ3) is 7.39. The van der Waals surface area contributed by atoms with Crippen LogP contribution >= 0.6 is 11.8 Å². The zero-order chi connectivity index (χ0) is 14.3. The minimum Gasteiger partial charge on any atom is -0.389 e. The number of nitrogens with zero attached hydrogens (tertiary/aromatic N) is 1. The number of aliphatic hydroxyl groups is 1. The Kier molecular flexibility index (Phi) is 7.08. The minimum atomic E-state index is -0.971. The lowest BCUT2D eigenvalue weighted by Crippen LogP contribution is -2.51. The summed E-state index contributed by atoms with van der Waals surface area (Å²) in [4.78, 5) is 24.4. The van der Waals surface area contributed by atoms with Crippen LogP contribution in [0.3, 0.4) is 0 Å². The zero-order valence-electron chi connectivity index (χ0n) is 11.4. The molecule has 0 radical (unpaired) electrons. The standard InChI is InChI=1S/C11H23N3O3S/c1-11(2,17)7-14(3)9(15)8(5-6-18-4)13-10(12)16/h8,17H,5-7H2,1-4H3,(H3,12,13,16). The third-order valence-corrected chi connectivity index (χ3v) is 2.87. The molecule has 6 nitrogen and oxygen atoms in total. The Bertz CT molecular complexity index is 292. The highest BCUT2D eigenvalue weighted by Gasteiger charge is 2.26. The molecule has 0 aliphatic carbocycles. The summed E-state index contributed by atoms with van der Waals surface area (Å²) in [6.45, 7) is 3.44. The number of hydrogen-bond donors (Lipinski definition) is 3. The first-order valence-electron chi connectivity index (χ1n) is 5.69. The Morgan fingerprint density at radius 3 is 2.44 bits per heavy atom. The molecule has 0 saturated heterocycles. The molecule has 0 heterocycles. The third-order valence-electron chi connectivity index (χ3n) is 2.23. The molecule has 0 aromatic rings. The highest BCUT2D eigenvalue weighted by molar-refractivity contribution is 7.98. The Labute approximate surface area is 112 Å². The van der Waals surface area contributed by atoms with Crippen LogP contribution in [0.1, 0.15) is 20.3 Å². The van der Waals surface area contributed by atoms with Crippen LogP contribution in [0.4, 0.5) is 4.79 Å². The van der Waals surface area contributed by atoms with Crippen molar-refractivity contribution in [2.45, 2.75) is 31.9 Å². The maximum absolute atomic E-state index is 12.1. The number of carbonyl (C=O) groups excluding carboxylic acids is 2. The van der Waals surface area contributed by atoms with Gasteiger partial charge in [-0.1, -0.05) is 0 Å². The Morgan fingerprint density at radius 2 is 2.06 bits per heavy atom. The van der Waals surface area contributed by atoms with E-state index in [9.17, 15) is 14.7 Å². The molecule has 18 heavy (non-hydrogen) atoms. The van der Waals surface area contributed by atoms with Crippen molar-refractivity contribution >= 4 is 23.7 Å². The summed E-state index contributed by atoms with van der Waals surface area (Å²) in [5, 5.41) is 12.1. The first-order chi connectivity index (χ1) is 8.17. The second-order valence-corrected chi connectivity index (χ2v) is 5.83. The quantitative estimate of drug-likeness (QED) is 0.610. The van der Waals surface area contributed by atoms with Gasteiger partial charge in [0.15, 0.2) is 0 Å². The molecule has 0 aliphatic heterocycles. The first-order valence-corrected chi connectivity index (χ1v) is 7.09. The van der Waals surface area contributed by atoms with Crippen LogP contribution in [0, 0.1) is 0 Å². The van der Waals surface area contributed by atoms with E-state index in [1.54, 1.807) is 32.7 Å². The summed E-state index contributed by atoms with van der Waals surface area (Å²) in [5.41, 5.74) is 4.08. The van der Waals surface area contributed by atoms with Gasteiger partial charge in [0.25, 0.3) is 0 Å². The second-order valence-electron chi connectivity index (χ2n) is 4.85. The molecule has 0 aromatic heterocycles. The number of carbonyl (C=O) groups is 2. The second kappa shape index (κ2) is 7.48. The van der Waals surface area contributed by atoms with E-state index >= 15 is 0 Å². The molecule has 0 spiro atoms. The average molecular weight is 277 g/mol. The molecular formula is C11H23N3O3S. The van der Waals surface area contributed by atoms with Gasteiger partial charge in [0.2, 0.25) is 5.91 Å². The van der Waals surface area contributed by atoms with Gasteiger partial charge in [-0.3, -0.25) is 4.79 Å². The fourth-order valence-electron chi connectivity index (χ4n) is 1.59. The van der Waals surface area contributed by atoms with E-state index in [1.165, 1.54) is 4.90 Å². The molecule has 0 aliphatic rings. The smallest absolute Gasteiger partial charge is 0.312 e. The van der Waals surface area contributed by atoms with Crippen LogP contribution < -0.4 is 11.1 Å². The van der Waals surface area contributed by atoms with E-state index in [0.717, 1.165) is 5.75 Å². The summed E-state index contributed by atoms with van der Waals surface area (Å²) in [6, 6.07) is -1.35. The molecular weight excluding hydrogens is 254 g/mol. The van der Waals surface area contributed by atoms with Crippen molar-refractivity contribution in [2.24, 2.45) is 5.73 Å². The normalized spacial score (nSPS) is 12.9. The number of rotatable bonds is 7. The topological polar surface area (TPSA) is 95.7 Å². The van der Waals surface area contributed by atoms with Crippen molar-refractivity contribution in [1.29, 1.82) is 0 Å². The Hall–Kier alpha value is -0.950. The van der Waals surface area contributed by atoms with E-state index in [1.807, 2.05) is 6.26 Å².